The molecule has 2 aromatic rings. The second kappa shape index (κ2) is 15.2. The summed E-state index contributed by atoms with van der Waals surface area (Å²) in [5.74, 6) is 0.858. The molecule has 1 saturated heterocycles. The van der Waals surface area contributed by atoms with E-state index in [1.165, 1.54) is 18.6 Å². The summed E-state index contributed by atoms with van der Waals surface area (Å²) in [6, 6.07) is 13.0. The van der Waals surface area contributed by atoms with Gasteiger partial charge in [0.1, 0.15) is 6.07 Å². The molecule has 0 unspecified atom stereocenters. The number of benzene rings is 2. The van der Waals surface area contributed by atoms with Gasteiger partial charge in [0.05, 0.1) is 21.9 Å². The van der Waals surface area contributed by atoms with E-state index in [1.54, 1.807) is 29.4 Å². The van der Waals surface area contributed by atoms with E-state index in [9.17, 15) is 21.6 Å². The van der Waals surface area contributed by atoms with E-state index in [4.69, 9.17) is 16.9 Å². The minimum absolute atomic E-state index is 0.330. The number of rotatable bonds is 5. The van der Waals surface area contributed by atoms with Crippen molar-refractivity contribution >= 4 is 21.6 Å². The minimum atomic E-state index is -4.22. The quantitative estimate of drug-likeness (QED) is 0.388. The highest BCUT2D eigenvalue weighted by Crippen LogP contribution is 2.31. The maximum absolute atomic E-state index is 12.2. The van der Waals surface area contributed by atoms with Crippen molar-refractivity contribution in [2.75, 3.05) is 18.8 Å². The molecule has 3 rings (SSSR count). The standard InChI is InChI=1S/C10H21NO2S.C9H9F3.C8H6ClN/c1-3-4-8-14(12,13)11-7-5-6-10(2)9-11;1-2-7-5-3-4-6-8(7)9(10,11)12;1-6-2-3-7(5-10)8(9)4-6/h10H,3-9H2,1-2H3;3-6H,2H2,1H3;2-4H,1H3/t10-;;/m0../s1. The highest BCUT2D eigenvalue weighted by atomic mass is 35.5. The molecule has 4 nitrogen and oxygen atoms in total. The van der Waals surface area contributed by atoms with Crippen molar-refractivity contribution in [1.29, 1.82) is 5.26 Å². The second-order valence-electron chi connectivity index (χ2n) is 8.88. The highest BCUT2D eigenvalue weighted by molar-refractivity contribution is 7.89. The third-order valence-corrected chi connectivity index (χ3v) is 7.95. The van der Waals surface area contributed by atoms with Gasteiger partial charge in [-0.15, -0.1) is 0 Å². The Labute approximate surface area is 219 Å². The normalized spacial score (nSPS) is 16.1. The molecule has 0 radical (unpaired) electrons. The van der Waals surface area contributed by atoms with Crippen LogP contribution in [0.5, 0.6) is 0 Å². The van der Waals surface area contributed by atoms with Gasteiger partial charge in [0.15, 0.2) is 0 Å². The first kappa shape index (κ1) is 31.9. The van der Waals surface area contributed by atoms with Gasteiger partial charge in [-0.05, 0) is 67.9 Å². The molecule has 1 aliphatic rings. The maximum atomic E-state index is 12.2. The van der Waals surface area contributed by atoms with E-state index < -0.39 is 21.8 Å². The van der Waals surface area contributed by atoms with Gasteiger partial charge in [-0.3, -0.25) is 0 Å². The zero-order valence-electron chi connectivity index (χ0n) is 21.4. The fourth-order valence-electron chi connectivity index (χ4n) is 3.67. The third kappa shape index (κ3) is 10.9. The smallest absolute Gasteiger partial charge is 0.212 e. The van der Waals surface area contributed by atoms with E-state index in [1.807, 2.05) is 26.0 Å². The lowest BCUT2D eigenvalue weighted by atomic mass is 10.0. The van der Waals surface area contributed by atoms with Crippen LogP contribution in [0.4, 0.5) is 13.2 Å². The number of unbranched alkanes of at least 4 members (excludes halogenated alkanes) is 1. The van der Waals surface area contributed by atoms with Gasteiger partial charge in [-0.25, -0.2) is 12.7 Å². The van der Waals surface area contributed by atoms with Gasteiger partial charge < -0.3 is 0 Å². The van der Waals surface area contributed by atoms with Crippen molar-refractivity contribution in [3.05, 3.63) is 69.7 Å². The molecule has 0 bridgehead atoms. The average molecular weight is 545 g/mol. The maximum Gasteiger partial charge on any atom is 0.416 e. The Hall–Kier alpha value is -2.08. The van der Waals surface area contributed by atoms with Gasteiger partial charge in [-0.2, -0.15) is 18.4 Å². The van der Waals surface area contributed by atoms with Crippen LogP contribution < -0.4 is 0 Å². The molecule has 0 N–H and O–H groups in total. The number of aryl methyl sites for hydroxylation is 2. The molecule has 200 valence electrons. The summed E-state index contributed by atoms with van der Waals surface area (Å²) in [6.07, 6.45) is 0.116. The second-order valence-corrected chi connectivity index (χ2v) is 11.4. The van der Waals surface area contributed by atoms with Crippen LogP contribution in [0.1, 0.15) is 68.7 Å². The van der Waals surface area contributed by atoms with Crippen LogP contribution in [0.2, 0.25) is 5.02 Å². The number of halogens is 4. The molecule has 0 aliphatic carbocycles. The van der Waals surface area contributed by atoms with Crippen molar-refractivity contribution in [2.45, 2.75) is 66.0 Å². The molecule has 1 fully saturated rings. The summed E-state index contributed by atoms with van der Waals surface area (Å²) in [5.41, 5.74) is 1.44. The fourth-order valence-corrected chi connectivity index (χ4v) is 5.75. The van der Waals surface area contributed by atoms with Crippen molar-refractivity contribution in [3.8, 4) is 6.07 Å². The highest BCUT2D eigenvalue weighted by Gasteiger charge is 2.32. The van der Waals surface area contributed by atoms with Crippen molar-refractivity contribution in [2.24, 2.45) is 5.92 Å². The number of nitrogens with zero attached hydrogens (tertiary/aromatic N) is 2. The molecule has 1 heterocycles. The molecule has 0 spiro atoms. The average Bonchev–Trinajstić information content (AvgIpc) is 2.83. The summed E-state index contributed by atoms with van der Waals surface area (Å²) in [7, 11) is -2.95. The van der Waals surface area contributed by atoms with E-state index in [-0.39, 0.29) is 0 Å². The summed E-state index contributed by atoms with van der Waals surface area (Å²) < 4.78 is 62.0. The van der Waals surface area contributed by atoms with Gasteiger partial charge in [0.2, 0.25) is 10.0 Å². The van der Waals surface area contributed by atoms with Gasteiger partial charge in [0.25, 0.3) is 0 Å². The molecule has 36 heavy (non-hydrogen) atoms. The first-order valence-corrected chi connectivity index (χ1v) is 14.1. The van der Waals surface area contributed by atoms with Gasteiger partial charge in [-0.1, -0.05) is 63.1 Å². The first-order chi connectivity index (χ1) is 16.8. The zero-order valence-corrected chi connectivity index (χ0v) is 23.0. The zero-order chi connectivity index (χ0) is 27.4. The van der Waals surface area contributed by atoms with Crippen LogP contribution in [0, 0.1) is 24.2 Å². The molecule has 0 saturated carbocycles. The lowest BCUT2D eigenvalue weighted by Gasteiger charge is -2.29. The van der Waals surface area contributed by atoms with Crippen LogP contribution >= 0.6 is 11.6 Å². The lowest BCUT2D eigenvalue weighted by molar-refractivity contribution is -0.138. The molecule has 0 aromatic heterocycles. The Bertz CT molecular complexity index is 1100. The largest absolute Gasteiger partial charge is 0.416 e. The topological polar surface area (TPSA) is 61.2 Å². The number of piperidine rings is 1. The van der Waals surface area contributed by atoms with Crippen LogP contribution in [0.15, 0.2) is 42.5 Å². The third-order valence-electron chi connectivity index (χ3n) is 5.72. The van der Waals surface area contributed by atoms with E-state index in [0.29, 0.717) is 34.2 Å². The SMILES string of the molecule is CCCCS(=O)(=O)N1CCC[C@H](C)C1.CCc1ccccc1C(F)(F)F.Cc1ccc(C#N)c(Cl)c1. The van der Waals surface area contributed by atoms with Gasteiger partial charge >= 0.3 is 6.18 Å². The number of hydrogen-bond acceptors (Lipinski definition) is 3. The Kier molecular flexibility index (Phi) is 13.5. The molecular formula is C27H36ClF3N2O2S. The molecule has 0 amide bonds. The summed E-state index contributed by atoms with van der Waals surface area (Å²) >= 11 is 5.71. The van der Waals surface area contributed by atoms with Crippen LogP contribution in [-0.4, -0.2) is 31.6 Å². The summed E-state index contributed by atoms with van der Waals surface area (Å²) in [4.78, 5) is 0. The minimum Gasteiger partial charge on any atom is -0.212 e. The van der Waals surface area contributed by atoms with Crippen molar-refractivity contribution in [3.63, 3.8) is 0 Å². The predicted octanol–water partition coefficient (Wildman–Crippen LogP) is 7.64. The molecule has 1 atom stereocenters. The van der Waals surface area contributed by atoms with Crippen LogP contribution in [0.3, 0.4) is 0 Å². The summed E-state index contributed by atoms with van der Waals surface area (Å²) in [5, 5.41) is 9.00. The van der Waals surface area contributed by atoms with Gasteiger partial charge in [0, 0.05) is 13.1 Å². The number of nitriles is 1. The molecule has 2 aromatic carbocycles. The van der Waals surface area contributed by atoms with Crippen molar-refractivity contribution < 1.29 is 21.6 Å². The Morgan fingerprint density at radius 1 is 1.17 bits per heavy atom. The fraction of sp³-hybridized carbons (Fsp3) is 0.519. The van der Waals surface area contributed by atoms with Crippen LogP contribution in [-0.2, 0) is 22.6 Å². The lowest BCUT2D eigenvalue weighted by Crippen LogP contribution is -2.40. The molecule has 9 heteroatoms. The number of alkyl halides is 3. The molecule has 1 aliphatic heterocycles. The van der Waals surface area contributed by atoms with E-state index in [2.05, 4.69) is 6.92 Å². The molecular weight excluding hydrogens is 509 g/mol. The van der Waals surface area contributed by atoms with Crippen molar-refractivity contribution in [1.82, 2.24) is 4.31 Å². The first-order valence-electron chi connectivity index (χ1n) is 12.1. The Morgan fingerprint density at radius 2 is 1.83 bits per heavy atom. The van der Waals surface area contributed by atoms with Crippen LogP contribution in [0.25, 0.3) is 0 Å². The number of hydrogen-bond donors (Lipinski definition) is 0. The Morgan fingerprint density at radius 3 is 2.33 bits per heavy atom. The van der Waals surface area contributed by atoms with E-state index >= 15 is 0 Å². The predicted molar refractivity (Wildman–Crippen MR) is 140 cm³/mol. The van der Waals surface area contributed by atoms with E-state index in [0.717, 1.165) is 44.0 Å². The summed E-state index contributed by atoms with van der Waals surface area (Å²) in [6.45, 7) is 9.26. The monoisotopic (exact) mass is 544 g/mol. The Balaban J connectivity index is 0.000000274. The number of sulfonamides is 1.